The van der Waals surface area contributed by atoms with Crippen molar-refractivity contribution in [3.63, 3.8) is 0 Å². The first-order valence-electron chi connectivity index (χ1n) is 16.5. The van der Waals surface area contributed by atoms with Gasteiger partial charge in [0.25, 0.3) is 5.56 Å². The summed E-state index contributed by atoms with van der Waals surface area (Å²) < 4.78 is 6.14. The molecule has 0 spiro atoms. The zero-order valence-corrected chi connectivity index (χ0v) is 28.2. The van der Waals surface area contributed by atoms with Crippen molar-refractivity contribution >= 4 is 28.4 Å². The molecule has 2 N–H and O–H groups in total. The van der Waals surface area contributed by atoms with E-state index < -0.39 is 0 Å². The van der Waals surface area contributed by atoms with E-state index in [1.165, 1.54) is 4.90 Å². The summed E-state index contributed by atoms with van der Waals surface area (Å²) in [6, 6.07) is 17.6. The van der Waals surface area contributed by atoms with Gasteiger partial charge in [0.2, 0.25) is 0 Å². The number of fused-ring (bicyclic) bond motifs is 1. The fourth-order valence-electron chi connectivity index (χ4n) is 5.63. The summed E-state index contributed by atoms with van der Waals surface area (Å²) in [5.41, 5.74) is 5.40. The Balaban J connectivity index is 1.70. The predicted molar refractivity (Wildman–Crippen MR) is 191 cm³/mol. The van der Waals surface area contributed by atoms with Gasteiger partial charge in [-0.15, -0.1) is 6.58 Å². The van der Waals surface area contributed by atoms with Crippen LogP contribution in [0.15, 0.2) is 78.2 Å². The molecule has 46 heavy (non-hydrogen) atoms. The van der Waals surface area contributed by atoms with Gasteiger partial charge in [0.05, 0.1) is 0 Å². The molecule has 4 rings (SSSR count). The average Bonchev–Trinajstić information content (AvgIpc) is 3.05. The Hall–Kier alpha value is -4.43. The van der Waals surface area contributed by atoms with Crippen molar-refractivity contribution in [1.82, 2.24) is 14.9 Å². The standard InChI is InChI=1S/C38H49N5O3/c1-8-11-12-19-43(34-25-29-16-14-18-39-36(29)41-37(34)44)38(45)40-35-32(26(4)5)23-30(24-33(35)27(6)7)28-15-13-17-31(22-28)46-21-20-42(9-2)10-3/h8,13-18,22-27H,1,9-12,19-21H2,2-7H3,(H,40,45)(H,39,41,44). The van der Waals surface area contributed by atoms with Gasteiger partial charge >= 0.3 is 6.03 Å². The molecule has 2 heterocycles. The number of H-pyrrole nitrogens is 1. The lowest BCUT2D eigenvalue weighted by Gasteiger charge is -2.27. The van der Waals surface area contributed by atoms with Gasteiger partial charge in [0.15, 0.2) is 0 Å². The summed E-state index contributed by atoms with van der Waals surface area (Å²) in [5, 5.41) is 4.00. The van der Waals surface area contributed by atoms with E-state index in [-0.39, 0.29) is 29.1 Å². The number of nitrogens with one attached hydrogen (secondary N) is 2. The van der Waals surface area contributed by atoms with E-state index in [9.17, 15) is 9.59 Å². The Morgan fingerprint density at radius 2 is 1.70 bits per heavy atom. The first-order chi connectivity index (χ1) is 22.2. The molecule has 2 aromatic heterocycles. The van der Waals surface area contributed by atoms with Crippen molar-refractivity contribution in [2.24, 2.45) is 0 Å². The summed E-state index contributed by atoms with van der Waals surface area (Å²) in [5.74, 6) is 1.10. The van der Waals surface area contributed by atoms with E-state index in [1.807, 2.05) is 30.3 Å². The quantitative estimate of drug-likeness (QED) is 0.102. The van der Waals surface area contributed by atoms with E-state index >= 15 is 0 Å². The zero-order valence-electron chi connectivity index (χ0n) is 28.2. The molecule has 2 amide bonds. The zero-order chi connectivity index (χ0) is 33.2. The van der Waals surface area contributed by atoms with Gasteiger partial charge in [-0.2, -0.15) is 0 Å². The largest absolute Gasteiger partial charge is 0.492 e. The Labute approximate surface area is 273 Å². The Morgan fingerprint density at radius 3 is 2.35 bits per heavy atom. The fraction of sp³-hybridized carbons (Fsp3) is 0.395. The number of hydrogen-bond acceptors (Lipinski definition) is 5. The van der Waals surface area contributed by atoms with Crippen molar-refractivity contribution in [2.45, 2.75) is 66.2 Å². The minimum absolute atomic E-state index is 0.130. The van der Waals surface area contributed by atoms with Crippen molar-refractivity contribution in [1.29, 1.82) is 0 Å². The van der Waals surface area contributed by atoms with Gasteiger partial charge < -0.3 is 19.9 Å². The van der Waals surface area contributed by atoms with Crippen LogP contribution in [0.3, 0.4) is 0 Å². The molecule has 0 unspecified atom stereocenters. The van der Waals surface area contributed by atoms with Gasteiger partial charge in [0, 0.05) is 30.4 Å². The molecule has 8 heteroatoms. The summed E-state index contributed by atoms with van der Waals surface area (Å²) in [6.45, 7) is 20.6. The number of amides is 2. The number of anilines is 2. The third kappa shape index (κ3) is 8.43. The van der Waals surface area contributed by atoms with E-state index in [0.717, 1.165) is 65.1 Å². The van der Waals surface area contributed by atoms with Crippen LogP contribution in [0.2, 0.25) is 0 Å². The summed E-state index contributed by atoms with van der Waals surface area (Å²) in [4.78, 5) is 38.3. The molecule has 0 bridgehead atoms. The molecule has 0 aliphatic rings. The van der Waals surface area contributed by atoms with Crippen LogP contribution >= 0.6 is 0 Å². The average molecular weight is 624 g/mol. The van der Waals surface area contributed by atoms with Crippen molar-refractivity contribution in [2.75, 3.05) is 43.0 Å². The maximum Gasteiger partial charge on any atom is 0.326 e. The Kier molecular flexibility index (Phi) is 12.1. The molecule has 0 saturated carbocycles. The lowest BCUT2D eigenvalue weighted by Crippen LogP contribution is -2.39. The molecule has 8 nitrogen and oxygen atoms in total. The number of urea groups is 1. The highest BCUT2D eigenvalue weighted by Gasteiger charge is 2.24. The van der Waals surface area contributed by atoms with E-state index in [1.54, 1.807) is 12.3 Å². The molecule has 0 radical (unpaired) electrons. The summed E-state index contributed by atoms with van der Waals surface area (Å²) in [6.07, 6.45) is 4.84. The Morgan fingerprint density at radius 1 is 0.978 bits per heavy atom. The fourth-order valence-corrected chi connectivity index (χ4v) is 5.63. The minimum atomic E-state index is -0.359. The number of likely N-dealkylation sites (N-methyl/N-ethyl adjacent to an activating group) is 1. The third-order valence-electron chi connectivity index (χ3n) is 8.33. The van der Waals surface area contributed by atoms with E-state index in [0.29, 0.717) is 25.2 Å². The maximum absolute atomic E-state index is 14.1. The van der Waals surface area contributed by atoms with Crippen LogP contribution in [0, 0.1) is 0 Å². The number of rotatable bonds is 15. The number of hydrogen-bond donors (Lipinski definition) is 2. The molecule has 0 fully saturated rings. The van der Waals surface area contributed by atoms with Crippen LogP contribution in [-0.4, -0.2) is 53.7 Å². The number of allylic oxidation sites excluding steroid dienone is 1. The van der Waals surface area contributed by atoms with Crippen LogP contribution in [0.5, 0.6) is 5.75 Å². The van der Waals surface area contributed by atoms with Gasteiger partial charge in [-0.3, -0.25) is 9.69 Å². The minimum Gasteiger partial charge on any atom is -0.492 e. The molecule has 2 aromatic carbocycles. The number of aromatic amines is 1. The molecule has 244 valence electrons. The lowest BCUT2D eigenvalue weighted by atomic mass is 9.88. The lowest BCUT2D eigenvalue weighted by molar-refractivity contribution is 0.223. The third-order valence-corrected chi connectivity index (χ3v) is 8.33. The highest BCUT2D eigenvalue weighted by molar-refractivity contribution is 6.03. The highest BCUT2D eigenvalue weighted by Crippen LogP contribution is 2.38. The van der Waals surface area contributed by atoms with E-state index in [2.05, 4.69) is 92.6 Å². The summed E-state index contributed by atoms with van der Waals surface area (Å²) >= 11 is 0. The normalized spacial score (nSPS) is 11.4. The highest BCUT2D eigenvalue weighted by atomic mass is 16.5. The first kappa shape index (κ1) is 34.4. The number of pyridine rings is 2. The number of nitrogens with zero attached hydrogens (tertiary/aromatic N) is 3. The molecule has 0 atom stereocenters. The first-order valence-corrected chi connectivity index (χ1v) is 16.5. The van der Waals surface area contributed by atoms with Crippen LogP contribution in [0.1, 0.15) is 77.3 Å². The number of carbonyl (C=O) groups excluding carboxylic acids is 1. The molecule has 0 aliphatic heterocycles. The van der Waals surface area contributed by atoms with Crippen LogP contribution in [-0.2, 0) is 0 Å². The van der Waals surface area contributed by atoms with E-state index in [4.69, 9.17) is 4.74 Å². The number of aromatic nitrogens is 2. The number of carbonyl (C=O) groups is 1. The SMILES string of the molecule is C=CCCCN(C(=O)Nc1c(C(C)C)cc(-c2cccc(OCCN(CC)CC)c2)cc1C(C)C)c1cc2cccnc2[nH]c1=O. The van der Waals surface area contributed by atoms with Crippen LogP contribution in [0.25, 0.3) is 22.2 Å². The number of ether oxygens (including phenoxy) is 1. The molecule has 0 saturated heterocycles. The molecule has 4 aromatic rings. The monoisotopic (exact) mass is 623 g/mol. The topological polar surface area (TPSA) is 90.6 Å². The van der Waals surface area contributed by atoms with Crippen molar-refractivity contribution < 1.29 is 9.53 Å². The number of unbranched alkanes of at least 4 members (excludes halogenated alkanes) is 1. The van der Waals surface area contributed by atoms with Gasteiger partial charge in [-0.1, -0.05) is 59.8 Å². The predicted octanol–water partition coefficient (Wildman–Crippen LogP) is 8.56. The van der Waals surface area contributed by atoms with Crippen LogP contribution in [0.4, 0.5) is 16.2 Å². The second kappa shape index (κ2) is 16.2. The second-order valence-electron chi connectivity index (χ2n) is 12.2. The summed E-state index contributed by atoms with van der Waals surface area (Å²) in [7, 11) is 0. The van der Waals surface area contributed by atoms with Crippen molar-refractivity contribution in [3.05, 3.63) is 94.9 Å². The molecular formula is C38H49N5O3. The molecule has 0 aliphatic carbocycles. The second-order valence-corrected chi connectivity index (χ2v) is 12.2. The Bertz CT molecular complexity index is 1660. The smallest absolute Gasteiger partial charge is 0.326 e. The number of benzene rings is 2. The van der Waals surface area contributed by atoms with Crippen molar-refractivity contribution in [3.8, 4) is 16.9 Å². The van der Waals surface area contributed by atoms with Gasteiger partial charge in [-0.05, 0) is 102 Å². The van der Waals surface area contributed by atoms with Crippen LogP contribution < -0.4 is 20.5 Å². The van der Waals surface area contributed by atoms with Gasteiger partial charge in [-0.25, -0.2) is 9.78 Å². The van der Waals surface area contributed by atoms with Gasteiger partial charge in [0.1, 0.15) is 23.7 Å². The maximum atomic E-state index is 14.1. The molecular weight excluding hydrogens is 574 g/mol.